The molecule has 9 heteroatoms. The lowest BCUT2D eigenvalue weighted by atomic mass is 9.89. The monoisotopic (exact) mass is 402 g/mol. The highest BCUT2D eigenvalue weighted by molar-refractivity contribution is 5.93. The first-order valence-electron chi connectivity index (χ1n) is 9.66. The average molecular weight is 402 g/mol. The summed E-state index contributed by atoms with van der Waals surface area (Å²) < 4.78 is 19.2. The normalized spacial score (nSPS) is 19.4. The predicted molar refractivity (Wildman–Crippen MR) is 103 cm³/mol. The lowest BCUT2D eigenvalue weighted by Crippen LogP contribution is -2.57. The Bertz CT molecular complexity index is 993. The van der Waals surface area contributed by atoms with Gasteiger partial charge in [0.15, 0.2) is 0 Å². The second-order valence-electron chi connectivity index (χ2n) is 7.65. The SMILES string of the molecule is O=C(c1c[nH]c(=O)[nH]c1=O)N1CCC2(CC1)CN(Cc1ccc(F)cc1)CCO2. The van der Waals surface area contributed by atoms with Crippen LogP contribution in [0.5, 0.6) is 0 Å². The van der Waals surface area contributed by atoms with Crippen molar-refractivity contribution in [3.63, 3.8) is 0 Å². The Morgan fingerprint density at radius 3 is 2.55 bits per heavy atom. The van der Waals surface area contributed by atoms with Gasteiger partial charge in [0.05, 0.1) is 12.2 Å². The maximum absolute atomic E-state index is 13.1. The third-order valence-corrected chi connectivity index (χ3v) is 5.66. The van der Waals surface area contributed by atoms with Crippen molar-refractivity contribution in [2.45, 2.75) is 25.0 Å². The quantitative estimate of drug-likeness (QED) is 0.788. The summed E-state index contributed by atoms with van der Waals surface area (Å²) in [7, 11) is 0. The number of rotatable bonds is 3. The van der Waals surface area contributed by atoms with Gasteiger partial charge in [-0.3, -0.25) is 19.5 Å². The average Bonchev–Trinajstić information content (AvgIpc) is 2.70. The number of nitrogens with zero attached hydrogens (tertiary/aromatic N) is 2. The zero-order chi connectivity index (χ0) is 20.4. The molecule has 0 bridgehead atoms. The highest BCUT2D eigenvalue weighted by Crippen LogP contribution is 2.31. The van der Waals surface area contributed by atoms with E-state index in [4.69, 9.17) is 4.74 Å². The molecule has 2 aromatic rings. The Morgan fingerprint density at radius 1 is 1.14 bits per heavy atom. The van der Waals surface area contributed by atoms with Crippen LogP contribution in [0.15, 0.2) is 40.1 Å². The molecule has 2 N–H and O–H groups in total. The van der Waals surface area contributed by atoms with E-state index in [-0.39, 0.29) is 17.0 Å². The molecular weight excluding hydrogens is 379 g/mol. The number of carbonyl (C=O) groups is 1. The zero-order valence-electron chi connectivity index (χ0n) is 15.9. The number of likely N-dealkylation sites (tertiary alicyclic amines) is 1. The number of ether oxygens (including phenoxy) is 1. The van der Waals surface area contributed by atoms with Crippen LogP contribution in [-0.2, 0) is 11.3 Å². The molecule has 2 aliphatic rings. The largest absolute Gasteiger partial charge is 0.372 e. The maximum Gasteiger partial charge on any atom is 0.325 e. The van der Waals surface area contributed by atoms with Gasteiger partial charge in [0.1, 0.15) is 11.4 Å². The Balaban J connectivity index is 1.38. The van der Waals surface area contributed by atoms with Gasteiger partial charge in [-0.1, -0.05) is 12.1 Å². The number of halogens is 1. The van der Waals surface area contributed by atoms with Crippen LogP contribution in [0.2, 0.25) is 0 Å². The topological polar surface area (TPSA) is 98.5 Å². The van der Waals surface area contributed by atoms with Gasteiger partial charge < -0.3 is 14.6 Å². The molecule has 154 valence electrons. The Labute approximate surface area is 166 Å². The van der Waals surface area contributed by atoms with Crippen LogP contribution in [0.3, 0.4) is 0 Å². The molecule has 4 rings (SSSR count). The number of piperidine rings is 1. The number of hydrogen-bond donors (Lipinski definition) is 2. The fourth-order valence-electron chi connectivity index (χ4n) is 4.07. The van der Waals surface area contributed by atoms with E-state index in [2.05, 4.69) is 14.9 Å². The minimum absolute atomic E-state index is 0.0666. The van der Waals surface area contributed by atoms with E-state index in [1.807, 2.05) is 0 Å². The molecule has 0 atom stereocenters. The smallest absolute Gasteiger partial charge is 0.325 e. The van der Waals surface area contributed by atoms with Gasteiger partial charge in [0.2, 0.25) is 0 Å². The van der Waals surface area contributed by atoms with E-state index in [1.54, 1.807) is 17.0 Å². The van der Waals surface area contributed by atoms with Crippen LogP contribution in [0.25, 0.3) is 0 Å². The molecular formula is C20H23FN4O4. The van der Waals surface area contributed by atoms with E-state index in [9.17, 15) is 18.8 Å². The van der Waals surface area contributed by atoms with E-state index < -0.39 is 17.2 Å². The van der Waals surface area contributed by atoms with Crippen LogP contribution < -0.4 is 11.2 Å². The number of hydrogen-bond acceptors (Lipinski definition) is 5. The molecule has 1 aromatic heterocycles. The summed E-state index contributed by atoms with van der Waals surface area (Å²) in [6.07, 6.45) is 2.50. The molecule has 0 saturated carbocycles. The number of morpholine rings is 1. The number of aromatic nitrogens is 2. The minimum atomic E-state index is -0.682. The van der Waals surface area contributed by atoms with Gasteiger partial charge in [0, 0.05) is 38.9 Å². The summed E-state index contributed by atoms with van der Waals surface area (Å²) in [6, 6.07) is 6.52. The van der Waals surface area contributed by atoms with E-state index in [0.717, 1.165) is 31.4 Å². The van der Waals surface area contributed by atoms with E-state index in [1.165, 1.54) is 12.1 Å². The minimum Gasteiger partial charge on any atom is -0.372 e. The first-order chi connectivity index (χ1) is 13.9. The van der Waals surface area contributed by atoms with Gasteiger partial charge in [-0.15, -0.1) is 0 Å². The second-order valence-corrected chi connectivity index (χ2v) is 7.65. The van der Waals surface area contributed by atoms with Crippen LogP contribution in [-0.4, -0.2) is 64.1 Å². The molecule has 0 unspecified atom stereocenters. The molecule has 2 aliphatic heterocycles. The lowest BCUT2D eigenvalue weighted by molar-refractivity contribution is -0.134. The Morgan fingerprint density at radius 2 is 1.86 bits per heavy atom. The zero-order valence-corrected chi connectivity index (χ0v) is 15.9. The number of benzene rings is 1. The first-order valence-corrected chi connectivity index (χ1v) is 9.66. The van der Waals surface area contributed by atoms with Gasteiger partial charge in [-0.25, -0.2) is 9.18 Å². The van der Waals surface area contributed by atoms with E-state index in [0.29, 0.717) is 32.5 Å². The van der Waals surface area contributed by atoms with Crippen LogP contribution in [0.1, 0.15) is 28.8 Å². The summed E-state index contributed by atoms with van der Waals surface area (Å²) >= 11 is 0. The molecule has 1 aromatic carbocycles. The van der Waals surface area contributed by atoms with Crippen LogP contribution in [0.4, 0.5) is 4.39 Å². The van der Waals surface area contributed by atoms with Crippen molar-refractivity contribution in [1.29, 1.82) is 0 Å². The first kappa shape index (κ1) is 19.5. The standard InChI is InChI=1S/C20H23FN4O4/c21-15-3-1-14(2-4-15)12-24-9-10-29-20(13-24)5-7-25(8-6-20)18(27)16-11-22-19(28)23-17(16)26/h1-4,11H,5-10,12-13H2,(H2,22,23,26,28). The van der Waals surface area contributed by atoms with Gasteiger partial charge >= 0.3 is 5.69 Å². The number of H-pyrrole nitrogens is 2. The number of amides is 1. The molecule has 0 radical (unpaired) electrons. The lowest BCUT2D eigenvalue weighted by Gasteiger charge is -2.47. The highest BCUT2D eigenvalue weighted by Gasteiger charge is 2.40. The Kier molecular flexibility index (Phi) is 5.33. The van der Waals surface area contributed by atoms with Crippen molar-refractivity contribution in [3.05, 3.63) is 68.2 Å². The number of nitrogens with one attached hydrogen (secondary N) is 2. The van der Waals surface area contributed by atoms with Crippen molar-refractivity contribution in [2.75, 3.05) is 32.8 Å². The van der Waals surface area contributed by atoms with E-state index >= 15 is 0 Å². The van der Waals surface area contributed by atoms with Gasteiger partial charge in [-0.2, -0.15) is 0 Å². The highest BCUT2D eigenvalue weighted by atomic mass is 19.1. The Hall–Kier alpha value is -2.78. The molecule has 8 nitrogen and oxygen atoms in total. The van der Waals surface area contributed by atoms with Gasteiger partial charge in [0.25, 0.3) is 11.5 Å². The van der Waals surface area contributed by atoms with Crippen molar-refractivity contribution in [2.24, 2.45) is 0 Å². The third-order valence-electron chi connectivity index (χ3n) is 5.66. The molecule has 29 heavy (non-hydrogen) atoms. The van der Waals surface area contributed by atoms with Crippen molar-refractivity contribution >= 4 is 5.91 Å². The fraction of sp³-hybridized carbons (Fsp3) is 0.450. The third kappa shape index (κ3) is 4.30. The van der Waals surface area contributed by atoms with Crippen LogP contribution >= 0.6 is 0 Å². The van der Waals surface area contributed by atoms with Crippen LogP contribution in [0, 0.1) is 5.82 Å². The fourth-order valence-corrected chi connectivity index (χ4v) is 4.07. The van der Waals surface area contributed by atoms with Crippen molar-refractivity contribution in [1.82, 2.24) is 19.8 Å². The molecule has 1 amide bonds. The molecule has 3 heterocycles. The molecule has 2 fully saturated rings. The summed E-state index contributed by atoms with van der Waals surface area (Å²) in [5.74, 6) is -0.637. The number of carbonyl (C=O) groups excluding carboxylic acids is 1. The molecule has 1 spiro atoms. The number of aromatic amines is 2. The van der Waals surface area contributed by atoms with Gasteiger partial charge in [-0.05, 0) is 30.5 Å². The van der Waals surface area contributed by atoms with Crippen molar-refractivity contribution < 1.29 is 13.9 Å². The summed E-state index contributed by atoms with van der Waals surface area (Å²) in [5.41, 5.74) is -0.664. The second kappa shape index (κ2) is 7.92. The molecule has 2 saturated heterocycles. The summed E-state index contributed by atoms with van der Waals surface area (Å²) in [5, 5.41) is 0. The summed E-state index contributed by atoms with van der Waals surface area (Å²) in [4.78, 5) is 44.0. The maximum atomic E-state index is 13.1. The van der Waals surface area contributed by atoms with Crippen molar-refractivity contribution in [3.8, 4) is 0 Å². The predicted octanol–water partition coefficient (Wildman–Crippen LogP) is 0.710. The molecule has 0 aliphatic carbocycles. The summed E-state index contributed by atoms with van der Waals surface area (Å²) in [6.45, 7) is 3.82.